The molecule has 4 rings (SSSR count). The van der Waals surface area contributed by atoms with Gasteiger partial charge in [-0.2, -0.15) is 5.10 Å². The Morgan fingerprint density at radius 1 is 1.21 bits per heavy atom. The molecule has 24 heavy (non-hydrogen) atoms. The lowest BCUT2D eigenvalue weighted by molar-refractivity contribution is 0.0149. The van der Waals surface area contributed by atoms with Gasteiger partial charge in [0.1, 0.15) is 23.7 Å². The zero-order chi connectivity index (χ0) is 16.7. The van der Waals surface area contributed by atoms with E-state index in [2.05, 4.69) is 18.9 Å². The minimum atomic E-state index is 0.111. The van der Waals surface area contributed by atoms with Gasteiger partial charge in [0.15, 0.2) is 0 Å². The molecular weight excluding hydrogens is 302 g/mol. The molecule has 1 aromatic carbocycles. The second-order valence-electron chi connectivity index (χ2n) is 7.57. The molecule has 2 heterocycles. The standard InChI is InChI=1S/C19H23N3O2/c1-19(2)11-15(12-19)21-8-9-22-17(18(21)23)10-14(20-22)13-24-16-6-4-3-5-7-16/h3-7,10,15H,8-9,11-13H2,1-2H3. The fourth-order valence-corrected chi connectivity index (χ4v) is 3.79. The first-order valence-corrected chi connectivity index (χ1v) is 8.57. The van der Waals surface area contributed by atoms with E-state index >= 15 is 0 Å². The van der Waals surface area contributed by atoms with Crippen LogP contribution in [0.3, 0.4) is 0 Å². The molecule has 0 saturated heterocycles. The first-order valence-electron chi connectivity index (χ1n) is 8.57. The van der Waals surface area contributed by atoms with Crippen molar-refractivity contribution in [2.45, 2.75) is 45.9 Å². The number of hydrogen-bond acceptors (Lipinski definition) is 3. The third-order valence-electron chi connectivity index (χ3n) is 5.01. The van der Waals surface area contributed by atoms with Crippen molar-refractivity contribution in [1.29, 1.82) is 0 Å². The average molecular weight is 325 g/mol. The van der Waals surface area contributed by atoms with Crippen LogP contribution in [-0.2, 0) is 13.2 Å². The van der Waals surface area contributed by atoms with Gasteiger partial charge in [-0.1, -0.05) is 32.0 Å². The number of carbonyl (C=O) groups is 1. The van der Waals surface area contributed by atoms with Crippen molar-refractivity contribution >= 4 is 5.91 Å². The first kappa shape index (κ1) is 15.2. The predicted octanol–water partition coefficient (Wildman–Crippen LogP) is 3.11. The summed E-state index contributed by atoms with van der Waals surface area (Å²) in [5, 5.41) is 4.53. The maximum Gasteiger partial charge on any atom is 0.272 e. The Kier molecular flexibility index (Phi) is 3.59. The number of nitrogens with zero attached hydrogens (tertiary/aromatic N) is 3. The smallest absolute Gasteiger partial charge is 0.272 e. The van der Waals surface area contributed by atoms with Crippen molar-refractivity contribution < 1.29 is 9.53 Å². The summed E-state index contributed by atoms with van der Waals surface area (Å²) in [5.41, 5.74) is 1.87. The normalized spacial score (nSPS) is 19.8. The molecule has 1 aliphatic heterocycles. The van der Waals surface area contributed by atoms with Gasteiger partial charge in [-0.3, -0.25) is 9.48 Å². The zero-order valence-corrected chi connectivity index (χ0v) is 14.2. The number of para-hydroxylation sites is 1. The van der Waals surface area contributed by atoms with E-state index in [0.717, 1.165) is 37.4 Å². The first-order chi connectivity index (χ1) is 11.5. The predicted molar refractivity (Wildman–Crippen MR) is 90.8 cm³/mol. The van der Waals surface area contributed by atoms with Gasteiger partial charge in [0, 0.05) is 12.6 Å². The largest absolute Gasteiger partial charge is 0.487 e. The average Bonchev–Trinajstić information content (AvgIpc) is 2.96. The summed E-state index contributed by atoms with van der Waals surface area (Å²) in [7, 11) is 0. The molecule has 1 fully saturated rings. The van der Waals surface area contributed by atoms with Crippen LogP contribution in [0.1, 0.15) is 42.9 Å². The second-order valence-corrected chi connectivity index (χ2v) is 7.57. The van der Waals surface area contributed by atoms with Crippen LogP contribution in [0.4, 0.5) is 0 Å². The van der Waals surface area contributed by atoms with E-state index in [-0.39, 0.29) is 5.91 Å². The Balaban J connectivity index is 1.44. The third-order valence-corrected chi connectivity index (χ3v) is 5.01. The lowest BCUT2D eigenvalue weighted by Gasteiger charge is -2.49. The molecule has 5 nitrogen and oxygen atoms in total. The molecule has 1 amide bonds. The molecule has 0 atom stereocenters. The second kappa shape index (κ2) is 5.65. The van der Waals surface area contributed by atoms with Gasteiger partial charge < -0.3 is 9.64 Å². The number of carbonyl (C=O) groups excluding carboxylic acids is 1. The monoisotopic (exact) mass is 325 g/mol. The summed E-state index contributed by atoms with van der Waals surface area (Å²) in [6, 6.07) is 11.9. The van der Waals surface area contributed by atoms with Gasteiger partial charge in [-0.05, 0) is 36.5 Å². The maximum atomic E-state index is 12.8. The van der Waals surface area contributed by atoms with Crippen molar-refractivity contribution in [2.24, 2.45) is 5.41 Å². The van der Waals surface area contributed by atoms with Crippen LogP contribution in [0.25, 0.3) is 0 Å². The minimum absolute atomic E-state index is 0.111. The molecule has 0 N–H and O–H groups in total. The number of rotatable bonds is 4. The van der Waals surface area contributed by atoms with Crippen LogP contribution in [-0.4, -0.2) is 33.2 Å². The topological polar surface area (TPSA) is 47.4 Å². The van der Waals surface area contributed by atoms with E-state index in [1.54, 1.807) is 0 Å². The summed E-state index contributed by atoms with van der Waals surface area (Å²) in [6.07, 6.45) is 2.19. The Bertz CT molecular complexity index is 743. The summed E-state index contributed by atoms with van der Waals surface area (Å²) in [4.78, 5) is 14.8. The Morgan fingerprint density at radius 3 is 2.67 bits per heavy atom. The molecule has 0 unspecified atom stereocenters. The van der Waals surface area contributed by atoms with Gasteiger partial charge in [0.2, 0.25) is 0 Å². The molecule has 126 valence electrons. The van der Waals surface area contributed by atoms with Crippen LogP contribution >= 0.6 is 0 Å². The lowest BCUT2D eigenvalue weighted by atomic mass is 9.67. The molecule has 5 heteroatoms. The molecule has 1 saturated carbocycles. The molecule has 1 aromatic heterocycles. The molecule has 1 aliphatic carbocycles. The van der Waals surface area contributed by atoms with E-state index in [1.165, 1.54) is 0 Å². The highest BCUT2D eigenvalue weighted by Gasteiger charge is 2.43. The highest BCUT2D eigenvalue weighted by atomic mass is 16.5. The number of hydrogen-bond donors (Lipinski definition) is 0. The van der Waals surface area contributed by atoms with E-state index < -0.39 is 0 Å². The number of benzene rings is 1. The number of fused-ring (bicyclic) bond motifs is 1. The highest BCUT2D eigenvalue weighted by molar-refractivity contribution is 5.93. The van der Waals surface area contributed by atoms with E-state index in [0.29, 0.717) is 23.8 Å². The van der Waals surface area contributed by atoms with Crippen LogP contribution in [0.15, 0.2) is 36.4 Å². The summed E-state index contributed by atoms with van der Waals surface area (Å²) >= 11 is 0. The van der Waals surface area contributed by atoms with Crippen molar-refractivity contribution in [3.8, 4) is 5.75 Å². The van der Waals surface area contributed by atoms with E-state index in [1.807, 2.05) is 46.0 Å². The lowest BCUT2D eigenvalue weighted by Crippen LogP contribution is -2.54. The van der Waals surface area contributed by atoms with Gasteiger partial charge in [0.25, 0.3) is 5.91 Å². The highest BCUT2D eigenvalue weighted by Crippen LogP contribution is 2.43. The Hall–Kier alpha value is -2.30. The van der Waals surface area contributed by atoms with E-state index in [9.17, 15) is 4.79 Å². The summed E-state index contributed by atoms with van der Waals surface area (Å²) in [5.74, 6) is 0.924. The van der Waals surface area contributed by atoms with Gasteiger partial charge in [0.05, 0.1) is 6.54 Å². The third kappa shape index (κ3) is 2.79. The maximum absolute atomic E-state index is 12.8. The molecule has 0 bridgehead atoms. The van der Waals surface area contributed by atoms with Crippen LogP contribution in [0, 0.1) is 5.41 Å². The van der Waals surface area contributed by atoms with Gasteiger partial charge >= 0.3 is 0 Å². The summed E-state index contributed by atoms with van der Waals surface area (Å²) < 4.78 is 7.56. The Morgan fingerprint density at radius 2 is 1.96 bits per heavy atom. The van der Waals surface area contributed by atoms with Crippen molar-refractivity contribution in [1.82, 2.24) is 14.7 Å². The molecule has 0 radical (unpaired) electrons. The fraction of sp³-hybridized carbons (Fsp3) is 0.474. The number of ether oxygens (including phenoxy) is 1. The molecular formula is C19H23N3O2. The van der Waals surface area contributed by atoms with Crippen molar-refractivity contribution in [3.05, 3.63) is 47.8 Å². The molecule has 2 aliphatic rings. The molecule has 2 aromatic rings. The van der Waals surface area contributed by atoms with E-state index in [4.69, 9.17) is 4.74 Å². The van der Waals surface area contributed by atoms with Crippen LogP contribution in [0.5, 0.6) is 5.75 Å². The van der Waals surface area contributed by atoms with Crippen molar-refractivity contribution in [3.63, 3.8) is 0 Å². The Labute approximate surface area is 142 Å². The van der Waals surface area contributed by atoms with Crippen LogP contribution in [0.2, 0.25) is 0 Å². The van der Waals surface area contributed by atoms with Gasteiger partial charge in [-0.15, -0.1) is 0 Å². The zero-order valence-electron chi connectivity index (χ0n) is 14.2. The number of amides is 1. The SMILES string of the molecule is CC1(C)CC(N2CCn3nc(COc4ccccc4)cc3C2=O)C1. The minimum Gasteiger partial charge on any atom is -0.487 e. The fourth-order valence-electron chi connectivity index (χ4n) is 3.79. The number of aromatic nitrogens is 2. The van der Waals surface area contributed by atoms with Crippen molar-refractivity contribution in [2.75, 3.05) is 6.54 Å². The van der Waals surface area contributed by atoms with Crippen LogP contribution < -0.4 is 4.74 Å². The van der Waals surface area contributed by atoms with Gasteiger partial charge in [-0.25, -0.2) is 0 Å². The quantitative estimate of drug-likeness (QED) is 0.868. The molecule has 0 spiro atoms. The summed E-state index contributed by atoms with van der Waals surface area (Å²) in [6.45, 7) is 6.44.